The van der Waals surface area contributed by atoms with Gasteiger partial charge in [0.25, 0.3) is 0 Å². The van der Waals surface area contributed by atoms with E-state index in [9.17, 15) is 19.2 Å². The maximum atomic E-state index is 11.0. The molecule has 0 aromatic carbocycles. The van der Waals surface area contributed by atoms with E-state index in [1.54, 1.807) is 0 Å². The van der Waals surface area contributed by atoms with Crippen LogP contribution >= 0.6 is 0 Å². The van der Waals surface area contributed by atoms with Gasteiger partial charge in [0.2, 0.25) is 0 Å². The Kier molecular flexibility index (Phi) is 14.5. The molecule has 0 aliphatic rings. The maximum Gasteiger partial charge on any atom is 0.313 e. The molecule has 0 aliphatic heterocycles. The minimum absolute atomic E-state index is 0.0948. The molecule has 0 heterocycles. The summed E-state index contributed by atoms with van der Waals surface area (Å²) in [6.07, 6.45) is -0.446. The Labute approximate surface area is 146 Å². The Morgan fingerprint density at radius 3 is 1.08 bits per heavy atom. The number of rotatable bonds is 16. The first-order valence-electron chi connectivity index (χ1n) is 7.95. The fourth-order valence-electron chi connectivity index (χ4n) is 1.48. The van der Waals surface area contributed by atoms with Crippen LogP contribution in [0.15, 0.2) is 0 Å². The lowest BCUT2D eigenvalue weighted by Gasteiger charge is -2.07. The van der Waals surface area contributed by atoms with Crippen LogP contribution in [0.3, 0.4) is 0 Å². The third-order valence-electron chi connectivity index (χ3n) is 2.51. The number of ketones is 2. The molecule has 0 radical (unpaired) electrons. The van der Waals surface area contributed by atoms with Gasteiger partial charge in [0.1, 0.15) is 37.6 Å². The Morgan fingerprint density at radius 2 is 0.800 bits per heavy atom. The quantitative estimate of drug-likeness (QED) is 0.214. The highest BCUT2D eigenvalue weighted by Gasteiger charge is 2.06. The molecule has 0 bridgehead atoms. The molecular formula is C16H26O9. The zero-order valence-electron chi connectivity index (χ0n) is 14.7. The van der Waals surface area contributed by atoms with Crippen LogP contribution in [-0.4, -0.2) is 76.4 Å². The minimum atomic E-state index is -0.559. The van der Waals surface area contributed by atoms with Gasteiger partial charge in [0.15, 0.2) is 0 Å². The summed E-state index contributed by atoms with van der Waals surface area (Å²) in [5.74, 6) is -1.60. The number of esters is 2. The van der Waals surface area contributed by atoms with E-state index >= 15 is 0 Å². The van der Waals surface area contributed by atoms with Gasteiger partial charge in [-0.2, -0.15) is 0 Å². The van der Waals surface area contributed by atoms with Gasteiger partial charge in [-0.15, -0.1) is 0 Å². The van der Waals surface area contributed by atoms with Crippen molar-refractivity contribution in [2.24, 2.45) is 0 Å². The number of carbonyl (C=O) groups is 4. The average molecular weight is 362 g/mol. The van der Waals surface area contributed by atoms with Gasteiger partial charge in [-0.05, 0) is 13.8 Å². The largest absolute Gasteiger partial charge is 0.463 e. The zero-order valence-corrected chi connectivity index (χ0v) is 14.7. The lowest BCUT2D eigenvalue weighted by atomic mass is 10.3. The molecule has 0 aromatic rings. The summed E-state index contributed by atoms with van der Waals surface area (Å²) in [6.45, 7) is 4.69. The molecule has 25 heavy (non-hydrogen) atoms. The summed E-state index contributed by atoms with van der Waals surface area (Å²) in [5.41, 5.74) is 0. The van der Waals surface area contributed by atoms with Crippen LogP contribution in [0.2, 0.25) is 0 Å². The van der Waals surface area contributed by atoms with E-state index in [1.165, 1.54) is 13.8 Å². The van der Waals surface area contributed by atoms with Crippen molar-refractivity contribution in [1.82, 2.24) is 0 Å². The highest BCUT2D eigenvalue weighted by Crippen LogP contribution is 1.90. The van der Waals surface area contributed by atoms with Crippen molar-refractivity contribution >= 4 is 23.5 Å². The number of hydrogen-bond donors (Lipinski definition) is 0. The molecule has 9 heteroatoms. The van der Waals surface area contributed by atoms with Crippen LogP contribution in [0.25, 0.3) is 0 Å². The van der Waals surface area contributed by atoms with Gasteiger partial charge >= 0.3 is 11.9 Å². The summed E-state index contributed by atoms with van der Waals surface area (Å²) in [7, 11) is 0. The summed E-state index contributed by atoms with van der Waals surface area (Å²) < 4.78 is 25.1. The highest BCUT2D eigenvalue weighted by atomic mass is 16.6. The van der Waals surface area contributed by atoms with Gasteiger partial charge < -0.3 is 23.7 Å². The molecule has 0 aliphatic carbocycles. The molecule has 0 aromatic heterocycles. The van der Waals surface area contributed by atoms with Crippen LogP contribution in [0.4, 0.5) is 0 Å². The number of hydrogen-bond acceptors (Lipinski definition) is 9. The Balaban J connectivity index is 3.21. The smallest absolute Gasteiger partial charge is 0.313 e. The predicted molar refractivity (Wildman–Crippen MR) is 85.0 cm³/mol. The Bertz CT molecular complexity index is 382. The molecule has 0 rings (SSSR count). The van der Waals surface area contributed by atoms with Gasteiger partial charge in [-0.3, -0.25) is 19.2 Å². The lowest BCUT2D eigenvalue weighted by Crippen LogP contribution is -2.16. The number of Topliss-reactive ketones (excluding diaryl/α,β-unsaturated/α-hetero) is 2. The van der Waals surface area contributed by atoms with E-state index < -0.39 is 11.9 Å². The fourth-order valence-corrected chi connectivity index (χ4v) is 1.48. The molecule has 0 spiro atoms. The van der Waals surface area contributed by atoms with Crippen molar-refractivity contribution in [2.45, 2.75) is 26.7 Å². The maximum absolute atomic E-state index is 11.0. The van der Waals surface area contributed by atoms with Crippen LogP contribution < -0.4 is 0 Å². The number of ether oxygens (including phenoxy) is 5. The van der Waals surface area contributed by atoms with E-state index in [1.807, 2.05) is 0 Å². The van der Waals surface area contributed by atoms with Crippen LogP contribution in [0.5, 0.6) is 0 Å². The Morgan fingerprint density at radius 1 is 0.520 bits per heavy atom. The third kappa shape index (κ3) is 18.3. The minimum Gasteiger partial charge on any atom is -0.463 e. The van der Waals surface area contributed by atoms with E-state index in [2.05, 4.69) is 0 Å². The van der Waals surface area contributed by atoms with Crippen LogP contribution in [0, 0.1) is 0 Å². The molecule has 0 atom stereocenters. The number of carbonyl (C=O) groups excluding carboxylic acids is 4. The standard InChI is InChI=1S/C16H26O9/c1-13(17)11-15(19)24-9-7-22-5-3-21-4-6-23-8-10-25-16(20)12-14(2)18/h3-12H2,1-2H3. The predicted octanol–water partition coefficient (Wildman–Crippen LogP) is 0.0808. The van der Waals surface area contributed by atoms with Gasteiger partial charge in [0, 0.05) is 0 Å². The summed E-state index contributed by atoms with van der Waals surface area (Å²) in [4.78, 5) is 43.4. The van der Waals surface area contributed by atoms with Crippen molar-refractivity contribution in [3.05, 3.63) is 0 Å². The summed E-state index contributed by atoms with van der Waals surface area (Å²) in [5, 5.41) is 0. The van der Waals surface area contributed by atoms with E-state index in [-0.39, 0.29) is 50.8 Å². The normalized spacial score (nSPS) is 10.3. The zero-order chi connectivity index (χ0) is 18.9. The summed E-state index contributed by atoms with van der Waals surface area (Å²) >= 11 is 0. The monoisotopic (exact) mass is 362 g/mol. The van der Waals surface area contributed by atoms with Crippen molar-refractivity contribution in [2.75, 3.05) is 52.9 Å². The lowest BCUT2D eigenvalue weighted by molar-refractivity contribution is -0.148. The van der Waals surface area contributed by atoms with E-state index in [4.69, 9.17) is 23.7 Å². The fraction of sp³-hybridized carbons (Fsp3) is 0.750. The topological polar surface area (TPSA) is 114 Å². The second-order valence-corrected chi connectivity index (χ2v) is 5.04. The van der Waals surface area contributed by atoms with E-state index in [0.29, 0.717) is 26.4 Å². The van der Waals surface area contributed by atoms with Crippen LogP contribution in [-0.2, 0) is 42.9 Å². The van der Waals surface area contributed by atoms with Crippen molar-refractivity contribution < 1.29 is 42.9 Å². The van der Waals surface area contributed by atoms with Crippen molar-refractivity contribution in [3.8, 4) is 0 Å². The first kappa shape index (κ1) is 23.2. The molecule has 9 nitrogen and oxygen atoms in total. The average Bonchev–Trinajstić information content (AvgIpc) is 2.50. The first-order valence-corrected chi connectivity index (χ1v) is 7.95. The third-order valence-corrected chi connectivity index (χ3v) is 2.51. The summed E-state index contributed by atoms with van der Waals surface area (Å²) in [6, 6.07) is 0. The second-order valence-electron chi connectivity index (χ2n) is 5.04. The molecule has 0 fully saturated rings. The SMILES string of the molecule is CC(=O)CC(=O)OCCOCCOCCOCCOC(=O)CC(C)=O. The van der Waals surface area contributed by atoms with E-state index in [0.717, 1.165) is 0 Å². The van der Waals surface area contributed by atoms with Gasteiger partial charge in [-0.25, -0.2) is 0 Å². The van der Waals surface area contributed by atoms with Crippen molar-refractivity contribution in [1.29, 1.82) is 0 Å². The molecule has 0 N–H and O–H groups in total. The molecular weight excluding hydrogens is 336 g/mol. The highest BCUT2D eigenvalue weighted by molar-refractivity contribution is 5.94. The Hall–Kier alpha value is -1.84. The van der Waals surface area contributed by atoms with Crippen LogP contribution in [0.1, 0.15) is 26.7 Å². The molecule has 144 valence electrons. The molecule has 0 amide bonds. The molecule has 0 unspecified atom stereocenters. The van der Waals surface area contributed by atoms with Gasteiger partial charge in [-0.1, -0.05) is 0 Å². The molecule has 0 saturated carbocycles. The van der Waals surface area contributed by atoms with Crippen molar-refractivity contribution in [3.63, 3.8) is 0 Å². The first-order chi connectivity index (χ1) is 11.9. The molecule has 0 saturated heterocycles. The van der Waals surface area contributed by atoms with Gasteiger partial charge in [0.05, 0.1) is 39.6 Å². The second kappa shape index (κ2) is 15.7.